The Bertz CT molecular complexity index is 1190. The third-order valence-electron chi connectivity index (χ3n) is 10.1. The maximum Gasteiger partial charge on any atom is 0.373 e. The Labute approximate surface area is 288 Å². The SMILES string of the molecule is CO/C1=C\C(C)=C\[C@@H](C)[C@@H](O)[C@@H](C)C/C(C)=C/C=C/[C@H](OC)[C@@H]([C@@H](C)[C@@H](O)[C@H](C)[C@@]2(OC)C[C@@H](OC(C)=O)[C@H](C)[C@H](C(C)C)O2)OC1=O. The van der Waals surface area contributed by atoms with Crippen molar-refractivity contribution < 1.29 is 48.2 Å². The Morgan fingerprint density at radius 3 is 2.25 bits per heavy atom. The van der Waals surface area contributed by atoms with Crippen molar-refractivity contribution in [1.29, 1.82) is 0 Å². The molecule has 0 bridgehead atoms. The largest absolute Gasteiger partial charge is 0.490 e. The van der Waals surface area contributed by atoms with Crippen LogP contribution in [-0.2, 0) is 38.0 Å². The number of aliphatic hydroxyl groups is 2. The average molecular weight is 679 g/mol. The van der Waals surface area contributed by atoms with E-state index in [1.54, 1.807) is 19.1 Å². The van der Waals surface area contributed by atoms with Crippen LogP contribution in [0.15, 0.2) is 47.3 Å². The fourth-order valence-electron chi connectivity index (χ4n) is 7.18. The summed E-state index contributed by atoms with van der Waals surface area (Å²) in [4.78, 5) is 25.7. The molecule has 10 nitrogen and oxygen atoms in total. The molecule has 0 aromatic carbocycles. The van der Waals surface area contributed by atoms with Gasteiger partial charge < -0.3 is 38.6 Å². The van der Waals surface area contributed by atoms with Crippen LogP contribution in [0.5, 0.6) is 0 Å². The van der Waals surface area contributed by atoms with Crippen LogP contribution < -0.4 is 0 Å². The number of ether oxygens (including phenoxy) is 6. The molecule has 274 valence electrons. The third-order valence-corrected chi connectivity index (χ3v) is 10.1. The number of hydrogen-bond acceptors (Lipinski definition) is 10. The first-order valence-electron chi connectivity index (χ1n) is 17.2. The van der Waals surface area contributed by atoms with Gasteiger partial charge in [-0.25, -0.2) is 4.79 Å². The Morgan fingerprint density at radius 2 is 1.71 bits per heavy atom. The van der Waals surface area contributed by atoms with Crippen molar-refractivity contribution in [3.63, 3.8) is 0 Å². The first kappa shape index (κ1) is 41.7. The number of allylic oxidation sites excluding steroid dienone is 5. The van der Waals surface area contributed by atoms with E-state index in [1.807, 2.05) is 73.6 Å². The van der Waals surface area contributed by atoms with Crippen LogP contribution in [0.25, 0.3) is 0 Å². The standard InChI is InChI=1S/C38H62O10/c1-21(2)35-26(7)32(46-29(10)39)20-38(45-13,48-35)28(9)34(41)27(8)36-30(43-11)16-14-15-22(3)17-24(5)33(40)25(6)18-23(4)19-31(44-12)37(42)47-36/h14-16,18-19,21,24-28,30,32-36,40-41H,17,20H2,1-13H3/b16-14+,22-15+,23-18+,31-19-/t24-,25+,26-,27-,28-,30-,32+,33-,34+,35-,36+,38+/m0/s1. The molecule has 2 aliphatic heterocycles. The van der Waals surface area contributed by atoms with Crippen LogP contribution in [0.3, 0.4) is 0 Å². The molecular weight excluding hydrogens is 616 g/mol. The second kappa shape index (κ2) is 18.5. The summed E-state index contributed by atoms with van der Waals surface area (Å²) >= 11 is 0. The minimum atomic E-state index is -1.30. The van der Waals surface area contributed by atoms with Gasteiger partial charge in [-0.05, 0) is 38.2 Å². The first-order valence-corrected chi connectivity index (χ1v) is 17.2. The number of cyclic esters (lactones) is 1. The van der Waals surface area contributed by atoms with E-state index < -0.39 is 60.1 Å². The lowest BCUT2D eigenvalue weighted by Gasteiger charge is -2.51. The molecule has 0 aromatic heterocycles. The smallest absolute Gasteiger partial charge is 0.373 e. The van der Waals surface area contributed by atoms with Crippen LogP contribution in [-0.4, -0.2) is 85.9 Å². The number of carbonyl (C=O) groups is 2. The van der Waals surface area contributed by atoms with Gasteiger partial charge in [0, 0.05) is 51.2 Å². The van der Waals surface area contributed by atoms with Crippen LogP contribution >= 0.6 is 0 Å². The minimum absolute atomic E-state index is 0.00564. The lowest BCUT2D eigenvalue weighted by atomic mass is 9.76. The first-order chi connectivity index (χ1) is 22.4. The highest BCUT2D eigenvalue weighted by molar-refractivity contribution is 5.87. The molecule has 0 amide bonds. The lowest BCUT2D eigenvalue weighted by Crippen LogP contribution is -2.60. The Morgan fingerprint density at radius 1 is 1.06 bits per heavy atom. The van der Waals surface area contributed by atoms with E-state index in [0.717, 1.165) is 11.1 Å². The van der Waals surface area contributed by atoms with Gasteiger partial charge >= 0.3 is 11.9 Å². The predicted molar refractivity (Wildman–Crippen MR) is 184 cm³/mol. The monoisotopic (exact) mass is 678 g/mol. The molecule has 0 spiro atoms. The Hall–Kier alpha value is -2.50. The number of aliphatic hydroxyl groups excluding tert-OH is 2. The van der Waals surface area contributed by atoms with Gasteiger partial charge in [-0.3, -0.25) is 4.79 Å². The summed E-state index contributed by atoms with van der Waals surface area (Å²) in [5.74, 6) is -3.98. The van der Waals surface area contributed by atoms with Crippen molar-refractivity contribution in [2.24, 2.45) is 35.5 Å². The van der Waals surface area contributed by atoms with Crippen LogP contribution in [0.4, 0.5) is 0 Å². The molecule has 2 aliphatic rings. The number of hydrogen-bond donors (Lipinski definition) is 2. The van der Waals surface area contributed by atoms with Crippen molar-refractivity contribution in [2.75, 3.05) is 21.3 Å². The summed E-state index contributed by atoms with van der Waals surface area (Å²) in [5.41, 5.74) is 1.80. The molecule has 2 heterocycles. The zero-order valence-corrected chi connectivity index (χ0v) is 31.4. The van der Waals surface area contributed by atoms with Crippen molar-refractivity contribution in [2.45, 2.75) is 124 Å². The lowest BCUT2D eigenvalue weighted by molar-refractivity contribution is -0.339. The van der Waals surface area contributed by atoms with Gasteiger partial charge in [0.15, 0.2) is 5.79 Å². The highest BCUT2D eigenvalue weighted by atomic mass is 16.7. The number of rotatable bonds is 9. The highest BCUT2D eigenvalue weighted by Gasteiger charge is 2.54. The zero-order chi connectivity index (χ0) is 36.5. The zero-order valence-electron chi connectivity index (χ0n) is 31.4. The summed E-state index contributed by atoms with van der Waals surface area (Å²) < 4.78 is 35.9. The molecule has 10 heteroatoms. The molecular formula is C38H62O10. The molecule has 2 N–H and O–H groups in total. The minimum Gasteiger partial charge on any atom is -0.490 e. The van der Waals surface area contributed by atoms with E-state index in [-0.39, 0.29) is 42.0 Å². The Balaban J connectivity index is 2.59. The van der Waals surface area contributed by atoms with Gasteiger partial charge in [0.2, 0.25) is 5.76 Å². The predicted octanol–water partition coefficient (Wildman–Crippen LogP) is 5.92. The quantitative estimate of drug-likeness (QED) is 0.284. The van der Waals surface area contributed by atoms with Gasteiger partial charge in [0.1, 0.15) is 18.3 Å². The summed E-state index contributed by atoms with van der Waals surface area (Å²) in [7, 11) is 4.44. The molecule has 0 aromatic rings. The summed E-state index contributed by atoms with van der Waals surface area (Å²) in [6.07, 6.45) is 5.79. The van der Waals surface area contributed by atoms with E-state index in [2.05, 4.69) is 0 Å². The average Bonchev–Trinajstić information content (AvgIpc) is 3.03. The molecule has 1 fully saturated rings. The summed E-state index contributed by atoms with van der Waals surface area (Å²) in [6.45, 7) is 18.9. The van der Waals surface area contributed by atoms with Gasteiger partial charge in [0.05, 0.1) is 25.4 Å². The van der Waals surface area contributed by atoms with Crippen LogP contribution in [0, 0.1) is 35.5 Å². The molecule has 0 unspecified atom stereocenters. The van der Waals surface area contributed by atoms with Crippen LogP contribution in [0.1, 0.15) is 82.1 Å². The normalized spacial score (nSPS) is 38.6. The van der Waals surface area contributed by atoms with E-state index in [0.29, 0.717) is 6.42 Å². The summed E-state index contributed by atoms with van der Waals surface area (Å²) in [6, 6.07) is 0. The van der Waals surface area contributed by atoms with Crippen LogP contribution in [0.2, 0.25) is 0 Å². The molecule has 0 saturated carbocycles. The Kier molecular flexibility index (Phi) is 16.0. The maximum atomic E-state index is 13.7. The van der Waals surface area contributed by atoms with Crippen molar-refractivity contribution >= 4 is 11.9 Å². The summed E-state index contributed by atoms with van der Waals surface area (Å²) in [5, 5.41) is 23.0. The molecule has 2 rings (SSSR count). The number of carbonyl (C=O) groups excluding carboxylic acids is 2. The maximum absolute atomic E-state index is 13.7. The molecule has 0 aliphatic carbocycles. The fraction of sp³-hybridized carbons (Fsp3) is 0.737. The molecule has 0 radical (unpaired) electrons. The topological polar surface area (TPSA) is 130 Å². The second-order valence-corrected chi connectivity index (χ2v) is 14.3. The van der Waals surface area contributed by atoms with Gasteiger partial charge in [0.25, 0.3) is 0 Å². The highest BCUT2D eigenvalue weighted by Crippen LogP contribution is 2.44. The van der Waals surface area contributed by atoms with Crippen molar-refractivity contribution in [1.82, 2.24) is 0 Å². The molecule has 1 saturated heterocycles. The van der Waals surface area contributed by atoms with E-state index >= 15 is 0 Å². The van der Waals surface area contributed by atoms with Gasteiger partial charge in [-0.1, -0.05) is 83.9 Å². The second-order valence-electron chi connectivity index (χ2n) is 14.3. The fourth-order valence-corrected chi connectivity index (χ4v) is 7.18. The molecule has 12 atom stereocenters. The molecule has 48 heavy (non-hydrogen) atoms. The van der Waals surface area contributed by atoms with E-state index in [4.69, 9.17) is 28.4 Å². The van der Waals surface area contributed by atoms with Crippen molar-refractivity contribution in [3.8, 4) is 0 Å². The van der Waals surface area contributed by atoms with Crippen molar-refractivity contribution in [3.05, 3.63) is 47.3 Å². The van der Waals surface area contributed by atoms with E-state index in [1.165, 1.54) is 28.3 Å². The van der Waals surface area contributed by atoms with Gasteiger partial charge in [-0.15, -0.1) is 0 Å². The number of esters is 2. The van der Waals surface area contributed by atoms with Gasteiger partial charge in [-0.2, -0.15) is 0 Å². The third kappa shape index (κ3) is 10.5. The number of methoxy groups -OCH3 is 3. The van der Waals surface area contributed by atoms with E-state index in [9.17, 15) is 19.8 Å².